The number of rotatable bonds is 6. The van der Waals surface area contributed by atoms with Crippen molar-refractivity contribution in [2.75, 3.05) is 13.1 Å². The second-order valence-corrected chi connectivity index (χ2v) is 6.02. The Bertz CT molecular complexity index is 735. The second kappa shape index (κ2) is 6.44. The molecule has 0 bridgehead atoms. The number of carbonyl (C=O) groups is 2. The van der Waals surface area contributed by atoms with E-state index in [1.165, 1.54) is 15.8 Å². The van der Waals surface area contributed by atoms with Crippen LogP contribution in [0.15, 0.2) is 24.3 Å². The molecule has 5 heteroatoms. The van der Waals surface area contributed by atoms with Crippen molar-refractivity contribution < 1.29 is 9.59 Å². The fraction of sp³-hybridized carbons (Fsp3) is 0.444. The van der Waals surface area contributed by atoms with Crippen LogP contribution in [-0.4, -0.2) is 39.8 Å². The van der Waals surface area contributed by atoms with Crippen molar-refractivity contribution in [3.8, 4) is 0 Å². The maximum Gasteiger partial charge on any atom is 0.327 e. The predicted octanol–water partition coefficient (Wildman–Crippen LogP) is 3.29. The number of fused-ring (bicyclic) bond motifs is 1. The molecule has 0 spiro atoms. The van der Waals surface area contributed by atoms with Crippen molar-refractivity contribution in [3.05, 3.63) is 35.5 Å². The number of benzene rings is 1. The monoisotopic (exact) mass is 313 g/mol. The molecule has 1 aromatic carbocycles. The van der Waals surface area contributed by atoms with E-state index < -0.39 is 0 Å². The number of carbonyl (C=O) groups excluding carboxylic acids is 2. The molecule has 0 saturated carbocycles. The third-order valence-corrected chi connectivity index (χ3v) is 4.47. The van der Waals surface area contributed by atoms with Crippen LogP contribution in [-0.2, 0) is 17.8 Å². The van der Waals surface area contributed by atoms with Crippen LogP contribution in [0.4, 0.5) is 4.79 Å². The number of para-hydroxylation sites is 1. The van der Waals surface area contributed by atoms with Gasteiger partial charge in [-0.1, -0.05) is 38.5 Å². The molecule has 3 amide bonds. The number of hydrogen-bond acceptors (Lipinski definition) is 2. The lowest BCUT2D eigenvalue weighted by atomic mass is 10.1. The van der Waals surface area contributed by atoms with Crippen LogP contribution < -0.4 is 0 Å². The molecule has 1 N–H and O–H groups in total. The van der Waals surface area contributed by atoms with E-state index in [2.05, 4.69) is 24.9 Å². The zero-order valence-electron chi connectivity index (χ0n) is 13.8. The van der Waals surface area contributed by atoms with Gasteiger partial charge in [0.25, 0.3) is 0 Å². The zero-order chi connectivity index (χ0) is 16.4. The molecule has 3 rings (SSSR count). The zero-order valence-corrected chi connectivity index (χ0v) is 13.8. The largest absolute Gasteiger partial charge is 0.357 e. The fourth-order valence-corrected chi connectivity index (χ4v) is 3.24. The number of amides is 3. The van der Waals surface area contributed by atoms with Gasteiger partial charge in [0.05, 0.1) is 6.54 Å². The lowest BCUT2D eigenvalue weighted by molar-refractivity contribution is -0.125. The van der Waals surface area contributed by atoms with Gasteiger partial charge in [0.2, 0.25) is 5.91 Å². The van der Waals surface area contributed by atoms with Gasteiger partial charge < -0.3 is 9.88 Å². The Balaban J connectivity index is 1.82. The summed E-state index contributed by atoms with van der Waals surface area (Å²) in [7, 11) is 0. The number of nitrogens with zero attached hydrogens (tertiary/aromatic N) is 2. The molecule has 1 aliphatic heterocycles. The Hall–Kier alpha value is -2.30. The Morgan fingerprint density at radius 1 is 1.17 bits per heavy atom. The average molecular weight is 313 g/mol. The summed E-state index contributed by atoms with van der Waals surface area (Å²) in [5.41, 5.74) is 3.35. The molecule has 1 aromatic heterocycles. The number of H-pyrrole nitrogens is 1. The average Bonchev–Trinajstić information content (AvgIpc) is 3.03. The Labute approximate surface area is 136 Å². The molecule has 122 valence electrons. The number of aromatic amines is 1. The number of hydrogen-bond donors (Lipinski definition) is 1. The van der Waals surface area contributed by atoms with Crippen LogP contribution in [0.3, 0.4) is 0 Å². The van der Waals surface area contributed by atoms with Gasteiger partial charge in [0.1, 0.15) is 6.54 Å². The van der Waals surface area contributed by atoms with Crippen LogP contribution in [0.25, 0.3) is 10.9 Å². The van der Waals surface area contributed by atoms with Crippen molar-refractivity contribution in [3.63, 3.8) is 0 Å². The number of aromatic nitrogens is 1. The highest BCUT2D eigenvalue weighted by Gasteiger charge is 2.35. The van der Waals surface area contributed by atoms with Crippen molar-refractivity contribution in [1.29, 1.82) is 0 Å². The molecule has 2 heterocycles. The quantitative estimate of drug-likeness (QED) is 0.832. The highest BCUT2D eigenvalue weighted by Crippen LogP contribution is 2.25. The highest BCUT2D eigenvalue weighted by molar-refractivity contribution is 6.02. The molecule has 0 unspecified atom stereocenters. The summed E-state index contributed by atoms with van der Waals surface area (Å²) < 4.78 is 0. The number of aryl methyl sites for hydroxylation is 1. The van der Waals surface area contributed by atoms with Crippen LogP contribution in [0.1, 0.15) is 37.9 Å². The SMILES string of the molecule is CCCCN1C(=O)CN(Cc2[nH]c3ccccc3c2CC)C1=O. The molecule has 0 atom stereocenters. The third kappa shape index (κ3) is 2.83. The van der Waals surface area contributed by atoms with E-state index in [9.17, 15) is 9.59 Å². The summed E-state index contributed by atoms with van der Waals surface area (Å²) in [5.74, 6) is -0.0855. The van der Waals surface area contributed by atoms with E-state index in [1.54, 1.807) is 4.90 Å². The van der Waals surface area contributed by atoms with Gasteiger partial charge in [0.15, 0.2) is 0 Å². The minimum atomic E-state index is -0.163. The van der Waals surface area contributed by atoms with Crippen molar-refractivity contribution in [1.82, 2.24) is 14.8 Å². The molecule has 1 aliphatic rings. The molecule has 1 saturated heterocycles. The highest BCUT2D eigenvalue weighted by atomic mass is 16.2. The van der Waals surface area contributed by atoms with Crippen molar-refractivity contribution in [2.45, 2.75) is 39.7 Å². The lowest BCUT2D eigenvalue weighted by Gasteiger charge is -2.17. The standard InChI is InChI=1S/C18H23N3O2/c1-3-5-10-21-17(22)12-20(18(21)23)11-16-13(4-2)14-8-6-7-9-15(14)19-16/h6-9,19H,3-5,10-12H2,1-2H3. The van der Waals surface area contributed by atoms with E-state index in [0.717, 1.165) is 30.5 Å². The van der Waals surface area contributed by atoms with Gasteiger partial charge in [0, 0.05) is 23.1 Å². The number of unbranched alkanes of at least 4 members (excludes halogenated alkanes) is 1. The fourth-order valence-electron chi connectivity index (χ4n) is 3.24. The molecule has 0 aliphatic carbocycles. The normalized spacial score (nSPS) is 15.2. The van der Waals surface area contributed by atoms with E-state index in [-0.39, 0.29) is 18.5 Å². The number of imide groups is 1. The Kier molecular flexibility index (Phi) is 4.37. The minimum absolute atomic E-state index is 0.0855. The van der Waals surface area contributed by atoms with Crippen LogP contribution >= 0.6 is 0 Å². The first-order valence-electron chi connectivity index (χ1n) is 8.33. The molecule has 2 aromatic rings. The van der Waals surface area contributed by atoms with E-state index in [4.69, 9.17) is 0 Å². The van der Waals surface area contributed by atoms with Gasteiger partial charge in [-0.2, -0.15) is 0 Å². The first kappa shape index (κ1) is 15.6. The molecule has 0 radical (unpaired) electrons. The first-order chi connectivity index (χ1) is 11.2. The van der Waals surface area contributed by atoms with E-state index in [0.29, 0.717) is 13.1 Å². The summed E-state index contributed by atoms with van der Waals surface area (Å²) in [5, 5.41) is 1.20. The summed E-state index contributed by atoms with van der Waals surface area (Å²) in [6.07, 6.45) is 2.73. The van der Waals surface area contributed by atoms with Crippen LogP contribution in [0, 0.1) is 0 Å². The van der Waals surface area contributed by atoms with Gasteiger partial charge in [-0.15, -0.1) is 0 Å². The second-order valence-electron chi connectivity index (χ2n) is 6.02. The minimum Gasteiger partial charge on any atom is -0.357 e. The summed E-state index contributed by atoms with van der Waals surface area (Å²) in [4.78, 5) is 31.0. The van der Waals surface area contributed by atoms with Crippen molar-refractivity contribution in [2.24, 2.45) is 0 Å². The van der Waals surface area contributed by atoms with Crippen molar-refractivity contribution >= 4 is 22.8 Å². The predicted molar refractivity (Wildman–Crippen MR) is 90.1 cm³/mol. The number of nitrogens with one attached hydrogen (secondary N) is 1. The smallest absolute Gasteiger partial charge is 0.327 e. The third-order valence-electron chi connectivity index (χ3n) is 4.47. The van der Waals surface area contributed by atoms with Gasteiger partial charge in [-0.3, -0.25) is 9.69 Å². The molecular weight excluding hydrogens is 290 g/mol. The van der Waals surface area contributed by atoms with E-state index in [1.807, 2.05) is 18.2 Å². The van der Waals surface area contributed by atoms with Crippen LogP contribution in [0.2, 0.25) is 0 Å². The number of urea groups is 1. The Morgan fingerprint density at radius 2 is 1.96 bits per heavy atom. The molecule has 23 heavy (non-hydrogen) atoms. The summed E-state index contributed by atoms with van der Waals surface area (Å²) >= 11 is 0. The first-order valence-corrected chi connectivity index (χ1v) is 8.33. The topological polar surface area (TPSA) is 56.4 Å². The van der Waals surface area contributed by atoms with Gasteiger partial charge in [-0.05, 0) is 24.5 Å². The van der Waals surface area contributed by atoms with Crippen LogP contribution in [0.5, 0.6) is 0 Å². The van der Waals surface area contributed by atoms with Gasteiger partial charge in [-0.25, -0.2) is 4.79 Å². The Morgan fingerprint density at radius 3 is 2.70 bits per heavy atom. The summed E-state index contributed by atoms with van der Waals surface area (Å²) in [6, 6.07) is 8.00. The van der Waals surface area contributed by atoms with E-state index >= 15 is 0 Å². The summed E-state index contributed by atoms with van der Waals surface area (Å²) in [6.45, 7) is 5.34. The maximum atomic E-state index is 12.5. The molecule has 5 nitrogen and oxygen atoms in total. The maximum absolute atomic E-state index is 12.5. The lowest BCUT2D eigenvalue weighted by Crippen LogP contribution is -2.33. The molecule has 1 fully saturated rings. The molecular formula is C18H23N3O2. The van der Waals surface area contributed by atoms with Gasteiger partial charge >= 0.3 is 6.03 Å².